The van der Waals surface area contributed by atoms with Crippen LogP contribution in [0.5, 0.6) is 0 Å². The lowest BCUT2D eigenvalue weighted by Crippen LogP contribution is -2.58. The van der Waals surface area contributed by atoms with Crippen LogP contribution in [0.3, 0.4) is 0 Å². The van der Waals surface area contributed by atoms with Crippen molar-refractivity contribution >= 4 is 40.6 Å². The maximum absolute atomic E-state index is 13.6. The predicted molar refractivity (Wildman–Crippen MR) is 153 cm³/mol. The monoisotopic (exact) mass is 574 g/mol. The fourth-order valence-electron chi connectivity index (χ4n) is 4.34. The molecule has 226 valence electrons. The number of para-hydroxylation sites is 1. The van der Waals surface area contributed by atoms with Gasteiger partial charge in [-0.2, -0.15) is 0 Å². The average molecular weight is 575 g/mol. The van der Waals surface area contributed by atoms with Crippen LogP contribution in [-0.2, 0) is 30.4 Å². The van der Waals surface area contributed by atoms with E-state index in [2.05, 4.69) is 20.9 Å². The highest BCUT2D eigenvalue weighted by Crippen LogP contribution is 2.19. The van der Waals surface area contributed by atoms with Crippen LogP contribution in [-0.4, -0.2) is 75.6 Å². The summed E-state index contributed by atoms with van der Waals surface area (Å²) in [4.78, 5) is 65.4. The van der Waals surface area contributed by atoms with Gasteiger partial charge in [-0.1, -0.05) is 38.5 Å². The average Bonchev–Trinajstić information content (AvgIpc) is 3.35. The molecule has 0 aliphatic carbocycles. The maximum atomic E-state index is 13.6. The number of carboxylic acids is 2. The maximum Gasteiger partial charge on any atom is 0.326 e. The zero-order valence-electron chi connectivity index (χ0n) is 23.5. The number of hydrogen-bond acceptors (Lipinski definition) is 7. The van der Waals surface area contributed by atoms with Gasteiger partial charge < -0.3 is 42.6 Å². The Balaban J connectivity index is 2.30. The second-order valence-electron chi connectivity index (χ2n) is 10.2. The molecule has 0 aliphatic heterocycles. The van der Waals surface area contributed by atoms with Gasteiger partial charge in [-0.25, -0.2) is 4.79 Å². The van der Waals surface area contributed by atoms with E-state index in [-0.39, 0.29) is 25.2 Å². The lowest BCUT2D eigenvalue weighted by molar-refractivity contribution is -0.143. The number of hydrogen-bond donors (Lipinski definition) is 8. The fourth-order valence-corrected chi connectivity index (χ4v) is 4.34. The van der Waals surface area contributed by atoms with Crippen molar-refractivity contribution in [3.05, 3.63) is 36.0 Å². The van der Waals surface area contributed by atoms with Gasteiger partial charge in [0.2, 0.25) is 17.7 Å². The minimum atomic E-state index is -1.46. The summed E-state index contributed by atoms with van der Waals surface area (Å²) in [6, 6.07) is 2.94. The molecule has 0 spiro atoms. The Kier molecular flexibility index (Phi) is 13.2. The van der Waals surface area contributed by atoms with E-state index in [9.17, 15) is 29.1 Å². The number of H-pyrrole nitrogens is 1. The van der Waals surface area contributed by atoms with E-state index in [1.165, 1.54) is 0 Å². The molecule has 2 rings (SSSR count). The molecule has 0 fully saturated rings. The molecule has 5 unspecified atom stereocenters. The number of fused-ring (bicyclic) bond motifs is 1. The van der Waals surface area contributed by atoms with E-state index < -0.39 is 60.2 Å². The van der Waals surface area contributed by atoms with Gasteiger partial charge in [0.15, 0.2) is 0 Å². The molecule has 13 heteroatoms. The van der Waals surface area contributed by atoms with Gasteiger partial charge in [-0.05, 0) is 49.8 Å². The third-order valence-corrected chi connectivity index (χ3v) is 7.13. The Bertz CT molecular complexity index is 1200. The van der Waals surface area contributed by atoms with Crippen LogP contribution >= 0.6 is 0 Å². The SMILES string of the molecule is CCC(C)C(N)C(=O)NC(Cc1c[nH]c2ccccc12)C(=O)NC(CCCCN)C(=O)NC(CCC(=O)O)C(=O)O. The lowest BCUT2D eigenvalue weighted by atomic mass is 9.98. The molecule has 3 amide bonds. The number of aromatic amines is 1. The van der Waals surface area contributed by atoms with Crippen molar-refractivity contribution in [1.29, 1.82) is 0 Å². The van der Waals surface area contributed by atoms with E-state index in [4.69, 9.17) is 16.6 Å². The highest BCUT2D eigenvalue weighted by atomic mass is 16.4. The summed E-state index contributed by atoms with van der Waals surface area (Å²) in [5.74, 6) is -4.67. The highest BCUT2D eigenvalue weighted by Gasteiger charge is 2.31. The molecule has 0 saturated heterocycles. The normalized spacial score (nSPS) is 14.8. The van der Waals surface area contributed by atoms with Crippen LogP contribution in [0.1, 0.15) is 57.9 Å². The molecule has 0 bridgehead atoms. The molecule has 0 saturated carbocycles. The second-order valence-corrected chi connectivity index (χ2v) is 10.2. The summed E-state index contributed by atoms with van der Waals surface area (Å²) in [6.45, 7) is 4.09. The quantitative estimate of drug-likeness (QED) is 0.116. The van der Waals surface area contributed by atoms with Gasteiger partial charge in [0.05, 0.1) is 6.04 Å². The number of nitrogens with two attached hydrogens (primary N) is 2. The van der Waals surface area contributed by atoms with Crippen molar-refractivity contribution < 1.29 is 34.2 Å². The molecular formula is C28H42N6O7. The molecule has 2 aromatic rings. The van der Waals surface area contributed by atoms with Gasteiger partial charge >= 0.3 is 11.9 Å². The number of carbonyl (C=O) groups excluding carboxylic acids is 3. The standard InChI is InChI=1S/C28H42N6O7/c1-3-16(2)24(30)27(39)34-22(14-17-15-31-19-9-5-4-8-18(17)19)26(38)32-20(10-6-7-13-29)25(37)33-21(28(40)41)11-12-23(35)36/h4-5,8-9,15-16,20-22,24,31H,3,6-7,10-14,29-30H2,1-2H3,(H,32,38)(H,33,37)(H,34,39)(H,35,36)(H,40,41). The van der Waals surface area contributed by atoms with Crippen LogP contribution < -0.4 is 27.4 Å². The van der Waals surface area contributed by atoms with Gasteiger partial charge in [0, 0.05) is 29.9 Å². The topological polar surface area (TPSA) is 230 Å². The zero-order chi connectivity index (χ0) is 30.5. The third kappa shape index (κ3) is 10.2. The summed E-state index contributed by atoms with van der Waals surface area (Å²) in [6.07, 6.45) is 2.88. The number of unbranched alkanes of at least 4 members (excludes halogenated alkanes) is 1. The molecule has 1 aromatic heterocycles. The minimum Gasteiger partial charge on any atom is -0.481 e. The van der Waals surface area contributed by atoms with E-state index in [0.717, 1.165) is 16.5 Å². The summed E-state index contributed by atoms with van der Waals surface area (Å²) >= 11 is 0. The van der Waals surface area contributed by atoms with Crippen molar-refractivity contribution in [3.63, 3.8) is 0 Å². The van der Waals surface area contributed by atoms with Crippen molar-refractivity contribution in [2.75, 3.05) is 6.54 Å². The van der Waals surface area contributed by atoms with Crippen LogP contribution in [0.2, 0.25) is 0 Å². The molecule has 0 radical (unpaired) electrons. The minimum absolute atomic E-state index is 0.0995. The molecule has 41 heavy (non-hydrogen) atoms. The first-order chi connectivity index (χ1) is 19.5. The Morgan fingerprint density at radius 3 is 2.17 bits per heavy atom. The summed E-state index contributed by atoms with van der Waals surface area (Å²) < 4.78 is 0. The van der Waals surface area contributed by atoms with Gasteiger partial charge in [-0.15, -0.1) is 0 Å². The molecule has 1 heterocycles. The van der Waals surface area contributed by atoms with Crippen LogP contribution in [0, 0.1) is 5.92 Å². The number of benzene rings is 1. The predicted octanol–water partition coefficient (Wildman–Crippen LogP) is 0.617. The number of amides is 3. The van der Waals surface area contributed by atoms with Gasteiger partial charge in [-0.3, -0.25) is 19.2 Å². The number of carboxylic acid groups (broad SMARTS) is 2. The molecular weight excluding hydrogens is 532 g/mol. The Hall–Kier alpha value is -3.97. The largest absolute Gasteiger partial charge is 0.481 e. The smallest absolute Gasteiger partial charge is 0.326 e. The van der Waals surface area contributed by atoms with Crippen molar-refractivity contribution in [1.82, 2.24) is 20.9 Å². The molecule has 13 nitrogen and oxygen atoms in total. The molecule has 5 atom stereocenters. The molecule has 10 N–H and O–H groups in total. The lowest BCUT2D eigenvalue weighted by Gasteiger charge is -2.26. The Morgan fingerprint density at radius 2 is 1.54 bits per heavy atom. The van der Waals surface area contributed by atoms with Crippen LogP contribution in [0.15, 0.2) is 30.5 Å². The first kappa shape index (κ1) is 33.2. The number of aromatic nitrogens is 1. The molecule has 0 aliphatic rings. The highest BCUT2D eigenvalue weighted by molar-refractivity contribution is 5.95. The number of aliphatic carboxylic acids is 2. The van der Waals surface area contributed by atoms with Gasteiger partial charge in [0.1, 0.15) is 18.1 Å². The van der Waals surface area contributed by atoms with Crippen molar-refractivity contribution in [2.24, 2.45) is 17.4 Å². The third-order valence-electron chi connectivity index (χ3n) is 7.13. The van der Waals surface area contributed by atoms with E-state index in [0.29, 0.717) is 25.8 Å². The summed E-state index contributed by atoms with van der Waals surface area (Å²) in [7, 11) is 0. The zero-order valence-corrected chi connectivity index (χ0v) is 23.5. The van der Waals surface area contributed by atoms with Gasteiger partial charge in [0.25, 0.3) is 0 Å². The number of rotatable bonds is 18. The fraction of sp³-hybridized carbons (Fsp3) is 0.536. The Labute approximate surface area is 238 Å². The number of carbonyl (C=O) groups is 5. The first-order valence-corrected chi connectivity index (χ1v) is 13.8. The van der Waals surface area contributed by atoms with E-state index >= 15 is 0 Å². The van der Waals surface area contributed by atoms with Crippen molar-refractivity contribution in [3.8, 4) is 0 Å². The second kappa shape index (κ2) is 16.3. The number of nitrogens with one attached hydrogen (secondary N) is 4. The van der Waals surface area contributed by atoms with E-state index in [1.807, 2.05) is 38.1 Å². The molecule has 1 aromatic carbocycles. The summed E-state index contributed by atoms with van der Waals surface area (Å²) in [5.41, 5.74) is 13.3. The van der Waals surface area contributed by atoms with Crippen LogP contribution in [0.4, 0.5) is 0 Å². The first-order valence-electron chi connectivity index (χ1n) is 13.8. The van der Waals surface area contributed by atoms with Crippen LogP contribution in [0.25, 0.3) is 10.9 Å². The Morgan fingerprint density at radius 1 is 0.902 bits per heavy atom. The summed E-state index contributed by atoms with van der Waals surface area (Å²) in [5, 5.41) is 27.0. The van der Waals surface area contributed by atoms with E-state index in [1.54, 1.807) is 6.20 Å². The van der Waals surface area contributed by atoms with Crippen molar-refractivity contribution in [2.45, 2.75) is 83.0 Å².